The van der Waals surface area contributed by atoms with Gasteiger partial charge < -0.3 is 10.0 Å². The molecule has 166 valence electrons. The van der Waals surface area contributed by atoms with E-state index in [9.17, 15) is 10.4 Å². The van der Waals surface area contributed by atoms with E-state index in [-0.39, 0.29) is 6.04 Å². The van der Waals surface area contributed by atoms with Crippen molar-refractivity contribution in [2.24, 2.45) is 0 Å². The van der Waals surface area contributed by atoms with Crippen molar-refractivity contribution in [1.29, 1.82) is 10.5 Å². The van der Waals surface area contributed by atoms with E-state index in [0.717, 1.165) is 35.5 Å². The van der Waals surface area contributed by atoms with Gasteiger partial charge in [0, 0.05) is 31.2 Å². The zero-order valence-corrected chi connectivity index (χ0v) is 19.2. The molecule has 1 fully saturated rings. The van der Waals surface area contributed by atoms with Gasteiger partial charge in [0.2, 0.25) is 0 Å². The highest BCUT2D eigenvalue weighted by Gasteiger charge is 2.31. The van der Waals surface area contributed by atoms with E-state index in [2.05, 4.69) is 21.9 Å². The van der Waals surface area contributed by atoms with Crippen LogP contribution in [0.4, 0.5) is 5.69 Å². The summed E-state index contributed by atoms with van der Waals surface area (Å²) >= 11 is 6.14. The number of hydrogen-bond donors (Lipinski definition) is 1. The van der Waals surface area contributed by atoms with E-state index in [1.807, 2.05) is 61.5 Å². The Morgan fingerprint density at radius 2 is 1.73 bits per heavy atom. The Balaban J connectivity index is 1.59. The lowest BCUT2D eigenvalue weighted by molar-refractivity contribution is 0.100. The van der Waals surface area contributed by atoms with Crippen LogP contribution in [0.5, 0.6) is 0 Å². The van der Waals surface area contributed by atoms with Crippen molar-refractivity contribution in [3.63, 3.8) is 0 Å². The Morgan fingerprint density at radius 3 is 2.39 bits per heavy atom. The molecule has 0 aromatic heterocycles. The van der Waals surface area contributed by atoms with Gasteiger partial charge in [0.1, 0.15) is 6.07 Å². The fourth-order valence-electron chi connectivity index (χ4n) is 4.38. The first-order chi connectivity index (χ1) is 16.0. The highest BCUT2D eigenvalue weighted by atomic mass is 35.5. The number of nitriles is 2. The van der Waals surface area contributed by atoms with Crippen LogP contribution in [0, 0.1) is 29.6 Å². The van der Waals surface area contributed by atoms with Crippen molar-refractivity contribution in [2.45, 2.75) is 19.1 Å². The van der Waals surface area contributed by atoms with Crippen LogP contribution in [0.3, 0.4) is 0 Å². The summed E-state index contributed by atoms with van der Waals surface area (Å²) in [6.07, 6.45) is -0.649. The molecule has 1 N–H and O–H groups in total. The van der Waals surface area contributed by atoms with E-state index in [1.165, 1.54) is 0 Å². The Morgan fingerprint density at radius 1 is 1.00 bits per heavy atom. The number of rotatable bonds is 5. The summed E-state index contributed by atoms with van der Waals surface area (Å²) in [7, 11) is 0. The average Bonchev–Trinajstić information content (AvgIpc) is 2.84. The maximum Gasteiger partial charge on any atom is 0.101 e. The van der Waals surface area contributed by atoms with Gasteiger partial charge in [-0.1, -0.05) is 41.9 Å². The van der Waals surface area contributed by atoms with Crippen molar-refractivity contribution in [3.05, 3.63) is 99.6 Å². The molecular formula is C27H25ClN4O. The third-order valence-electron chi connectivity index (χ3n) is 6.16. The number of anilines is 1. The lowest BCUT2D eigenvalue weighted by Gasteiger charge is -2.44. The fourth-order valence-corrected chi connectivity index (χ4v) is 4.51. The second kappa shape index (κ2) is 10.1. The van der Waals surface area contributed by atoms with Crippen LogP contribution in [0.15, 0.2) is 66.7 Å². The van der Waals surface area contributed by atoms with E-state index in [1.54, 1.807) is 12.1 Å². The lowest BCUT2D eigenvalue weighted by atomic mass is 9.98. The van der Waals surface area contributed by atoms with Crippen molar-refractivity contribution < 1.29 is 5.11 Å². The zero-order valence-electron chi connectivity index (χ0n) is 18.4. The number of aryl methyl sites for hydroxylation is 1. The second-order valence-corrected chi connectivity index (χ2v) is 8.84. The van der Waals surface area contributed by atoms with Crippen LogP contribution < -0.4 is 4.90 Å². The number of aliphatic hydroxyl groups excluding tert-OH is 1. The van der Waals surface area contributed by atoms with Crippen LogP contribution in [0.1, 0.15) is 40.0 Å². The smallest absolute Gasteiger partial charge is 0.101 e. The molecule has 1 aliphatic rings. The van der Waals surface area contributed by atoms with E-state index < -0.39 is 6.10 Å². The van der Waals surface area contributed by atoms with Gasteiger partial charge in [-0.3, -0.25) is 4.90 Å². The molecule has 0 aliphatic carbocycles. The Kier molecular flexibility index (Phi) is 6.96. The number of piperazine rings is 1. The molecule has 6 heteroatoms. The van der Waals surface area contributed by atoms with Gasteiger partial charge in [-0.05, 0) is 60.0 Å². The molecule has 4 rings (SSSR count). The minimum absolute atomic E-state index is 0.0130. The van der Waals surface area contributed by atoms with Crippen molar-refractivity contribution >= 4 is 17.3 Å². The van der Waals surface area contributed by atoms with Crippen LogP contribution >= 0.6 is 11.6 Å². The molecule has 33 heavy (non-hydrogen) atoms. The first-order valence-electron chi connectivity index (χ1n) is 10.9. The monoisotopic (exact) mass is 456 g/mol. The predicted molar refractivity (Wildman–Crippen MR) is 130 cm³/mol. The normalized spacial score (nSPS) is 17.2. The largest absolute Gasteiger partial charge is 0.387 e. The van der Waals surface area contributed by atoms with Gasteiger partial charge in [-0.15, -0.1) is 0 Å². The zero-order chi connectivity index (χ0) is 23.4. The third-order valence-corrected chi connectivity index (χ3v) is 6.41. The topological polar surface area (TPSA) is 74.3 Å². The summed E-state index contributed by atoms with van der Waals surface area (Å²) in [5.41, 5.74) is 5.14. The van der Waals surface area contributed by atoms with E-state index in [0.29, 0.717) is 29.2 Å². The molecule has 0 radical (unpaired) electrons. The first kappa shape index (κ1) is 22.8. The number of hydrogen-bond acceptors (Lipinski definition) is 5. The average molecular weight is 457 g/mol. The third kappa shape index (κ3) is 5.18. The van der Waals surface area contributed by atoms with Crippen LogP contribution in [-0.2, 0) is 0 Å². The Hall–Kier alpha value is -3.35. The SMILES string of the molecule is Cc1ccc(N2CCN(CC(O)c3ccc(C#N)cc3)C[C@H]2c2ccc(Cl)cc2)c(C#N)c1. The summed E-state index contributed by atoms with van der Waals surface area (Å²) in [4.78, 5) is 4.53. The van der Waals surface area contributed by atoms with Crippen molar-refractivity contribution in [3.8, 4) is 12.1 Å². The molecule has 5 nitrogen and oxygen atoms in total. The fraction of sp³-hybridized carbons (Fsp3) is 0.259. The predicted octanol–water partition coefficient (Wildman–Crippen LogP) is 4.99. The van der Waals surface area contributed by atoms with Gasteiger partial charge in [0.25, 0.3) is 0 Å². The number of nitrogens with zero attached hydrogens (tertiary/aromatic N) is 4. The van der Waals surface area contributed by atoms with E-state index >= 15 is 0 Å². The first-order valence-corrected chi connectivity index (χ1v) is 11.3. The molecule has 0 spiro atoms. The van der Waals surface area contributed by atoms with Gasteiger partial charge >= 0.3 is 0 Å². The minimum Gasteiger partial charge on any atom is -0.387 e. The molecule has 0 amide bonds. The van der Waals surface area contributed by atoms with Crippen LogP contribution in [-0.4, -0.2) is 36.2 Å². The molecule has 1 saturated heterocycles. The number of aliphatic hydroxyl groups is 1. The van der Waals surface area contributed by atoms with Gasteiger partial charge in [0.05, 0.1) is 35.0 Å². The maximum absolute atomic E-state index is 10.8. The Bertz CT molecular complexity index is 1190. The van der Waals surface area contributed by atoms with E-state index in [4.69, 9.17) is 16.9 Å². The number of halogens is 1. The molecule has 3 aromatic rings. The quantitative estimate of drug-likeness (QED) is 0.585. The number of β-amino-alcohol motifs (C(OH)–C–C–N with tert-alkyl or cyclic N) is 1. The highest BCUT2D eigenvalue weighted by Crippen LogP contribution is 2.34. The van der Waals surface area contributed by atoms with Crippen molar-refractivity contribution in [2.75, 3.05) is 31.1 Å². The minimum atomic E-state index is -0.649. The molecule has 0 saturated carbocycles. The summed E-state index contributed by atoms with van der Waals surface area (Å²) < 4.78 is 0. The van der Waals surface area contributed by atoms with Gasteiger partial charge in [-0.25, -0.2) is 0 Å². The molecule has 3 aromatic carbocycles. The van der Waals surface area contributed by atoms with Gasteiger partial charge in [-0.2, -0.15) is 10.5 Å². The van der Waals surface area contributed by atoms with Crippen molar-refractivity contribution in [1.82, 2.24) is 4.90 Å². The molecule has 2 atom stereocenters. The maximum atomic E-state index is 10.8. The molecule has 0 bridgehead atoms. The lowest BCUT2D eigenvalue weighted by Crippen LogP contribution is -2.49. The van der Waals surface area contributed by atoms with Crippen LogP contribution in [0.2, 0.25) is 5.02 Å². The molecule has 1 aliphatic heterocycles. The standard InChI is InChI=1S/C27H25ClN4O/c1-19-2-11-25(23(14-19)16-30)32-13-12-31(17-26(32)21-7-9-24(28)10-8-21)18-27(33)22-5-3-20(15-29)4-6-22/h2-11,14,26-27,33H,12-13,17-18H2,1H3/t26-,27?/m0/s1. The highest BCUT2D eigenvalue weighted by molar-refractivity contribution is 6.30. The summed E-state index contributed by atoms with van der Waals surface area (Å²) in [6, 6.07) is 25.4. The second-order valence-electron chi connectivity index (χ2n) is 8.40. The molecular weight excluding hydrogens is 432 g/mol. The summed E-state index contributed by atoms with van der Waals surface area (Å²) in [5.74, 6) is 0. The summed E-state index contributed by atoms with van der Waals surface area (Å²) in [5, 5.41) is 30.3. The molecule has 1 heterocycles. The number of benzene rings is 3. The van der Waals surface area contributed by atoms with Crippen LogP contribution in [0.25, 0.3) is 0 Å². The Labute approximate surface area is 199 Å². The summed E-state index contributed by atoms with van der Waals surface area (Å²) in [6.45, 7) is 4.67. The van der Waals surface area contributed by atoms with Gasteiger partial charge in [0.15, 0.2) is 0 Å². The molecule has 1 unspecified atom stereocenters.